The zero-order valence-electron chi connectivity index (χ0n) is 14.7. The van der Waals surface area contributed by atoms with E-state index in [1.165, 1.54) is 6.07 Å². The molecule has 1 aromatic heterocycles. The van der Waals surface area contributed by atoms with Gasteiger partial charge in [-0.15, -0.1) is 0 Å². The zero-order valence-corrected chi connectivity index (χ0v) is 14.7. The smallest absolute Gasteiger partial charge is 0.347 e. The Balaban J connectivity index is 1.74. The molecule has 0 radical (unpaired) electrons. The van der Waals surface area contributed by atoms with Crippen molar-refractivity contribution in [2.75, 3.05) is 0 Å². The lowest BCUT2D eigenvalue weighted by Gasteiger charge is -2.16. The Morgan fingerprint density at radius 2 is 1.88 bits per heavy atom. The maximum absolute atomic E-state index is 12.4. The van der Waals surface area contributed by atoms with Crippen molar-refractivity contribution >= 4 is 16.9 Å². The van der Waals surface area contributed by atoms with E-state index in [0.29, 0.717) is 23.3 Å². The molecule has 0 aliphatic rings. The summed E-state index contributed by atoms with van der Waals surface area (Å²) in [5, 5.41) is 0.750. The summed E-state index contributed by atoms with van der Waals surface area (Å²) in [5.74, 6) is 0.141. The molecule has 0 fully saturated rings. The highest BCUT2D eigenvalue weighted by atomic mass is 16.6. The lowest BCUT2D eigenvalue weighted by molar-refractivity contribution is -0.153. The summed E-state index contributed by atoms with van der Waals surface area (Å²) in [6, 6.07) is 16.0. The summed E-state index contributed by atoms with van der Waals surface area (Å²) in [6.45, 7) is 3.75. The fourth-order valence-electron chi connectivity index (χ4n) is 2.66. The van der Waals surface area contributed by atoms with E-state index in [4.69, 9.17) is 13.9 Å². The van der Waals surface area contributed by atoms with Gasteiger partial charge >= 0.3 is 11.6 Å². The molecule has 0 bridgehead atoms. The van der Waals surface area contributed by atoms with Crippen LogP contribution in [-0.4, -0.2) is 12.1 Å². The van der Waals surface area contributed by atoms with E-state index in [2.05, 4.69) is 0 Å². The van der Waals surface area contributed by atoms with E-state index in [1.54, 1.807) is 18.2 Å². The zero-order chi connectivity index (χ0) is 18.5. The van der Waals surface area contributed by atoms with Crippen LogP contribution in [0, 0.1) is 6.92 Å². The van der Waals surface area contributed by atoms with Crippen LogP contribution in [0.2, 0.25) is 0 Å². The molecule has 26 heavy (non-hydrogen) atoms. The third kappa shape index (κ3) is 4.11. The summed E-state index contributed by atoms with van der Waals surface area (Å²) in [7, 11) is 0. The van der Waals surface area contributed by atoms with Crippen LogP contribution in [0.4, 0.5) is 0 Å². The minimum Gasteiger partial charge on any atom is -0.479 e. The number of carbonyl (C=O) groups is 1. The quantitative estimate of drug-likeness (QED) is 0.495. The van der Waals surface area contributed by atoms with E-state index in [1.807, 2.05) is 44.2 Å². The maximum atomic E-state index is 12.4. The van der Waals surface area contributed by atoms with Crippen molar-refractivity contribution in [3.63, 3.8) is 0 Å². The molecule has 1 heterocycles. The van der Waals surface area contributed by atoms with Gasteiger partial charge < -0.3 is 13.9 Å². The van der Waals surface area contributed by atoms with Crippen LogP contribution < -0.4 is 10.4 Å². The molecule has 0 saturated carbocycles. The van der Waals surface area contributed by atoms with Crippen molar-refractivity contribution in [3.8, 4) is 5.75 Å². The van der Waals surface area contributed by atoms with Crippen LogP contribution in [0.3, 0.4) is 0 Å². The molecular formula is C21H20O5. The predicted octanol–water partition coefficient (Wildman–Crippen LogP) is 4.00. The Labute approximate surface area is 151 Å². The van der Waals surface area contributed by atoms with Gasteiger partial charge in [0.1, 0.15) is 17.9 Å². The lowest BCUT2D eigenvalue weighted by atomic mass is 10.1. The van der Waals surface area contributed by atoms with E-state index in [9.17, 15) is 9.59 Å². The average molecular weight is 352 g/mol. The highest BCUT2D eigenvalue weighted by Crippen LogP contribution is 2.20. The topological polar surface area (TPSA) is 65.7 Å². The van der Waals surface area contributed by atoms with Crippen molar-refractivity contribution in [1.29, 1.82) is 0 Å². The molecule has 0 aliphatic carbocycles. The van der Waals surface area contributed by atoms with Crippen molar-refractivity contribution in [2.24, 2.45) is 0 Å². The van der Waals surface area contributed by atoms with Crippen LogP contribution in [0.1, 0.15) is 24.5 Å². The maximum Gasteiger partial charge on any atom is 0.347 e. The summed E-state index contributed by atoms with van der Waals surface area (Å²) < 4.78 is 16.3. The van der Waals surface area contributed by atoms with Gasteiger partial charge in [0.2, 0.25) is 0 Å². The van der Waals surface area contributed by atoms with Gasteiger partial charge in [-0.3, -0.25) is 0 Å². The number of hydrogen-bond acceptors (Lipinski definition) is 5. The van der Waals surface area contributed by atoms with E-state index in [-0.39, 0.29) is 6.61 Å². The number of aryl methyl sites for hydroxylation is 1. The number of esters is 1. The summed E-state index contributed by atoms with van der Waals surface area (Å²) >= 11 is 0. The summed E-state index contributed by atoms with van der Waals surface area (Å²) in [4.78, 5) is 24.1. The normalized spacial score (nSPS) is 11.9. The molecule has 3 rings (SSSR count). The highest BCUT2D eigenvalue weighted by Gasteiger charge is 2.20. The highest BCUT2D eigenvalue weighted by molar-refractivity contribution is 5.81. The molecule has 5 nitrogen and oxygen atoms in total. The van der Waals surface area contributed by atoms with Crippen molar-refractivity contribution in [2.45, 2.75) is 33.0 Å². The molecule has 0 saturated heterocycles. The molecule has 3 aromatic rings. The minimum absolute atomic E-state index is 0.0152. The van der Waals surface area contributed by atoms with Crippen LogP contribution in [0.25, 0.3) is 11.0 Å². The minimum atomic E-state index is -0.703. The second-order valence-electron chi connectivity index (χ2n) is 6.03. The van der Waals surface area contributed by atoms with Crippen LogP contribution in [-0.2, 0) is 16.1 Å². The van der Waals surface area contributed by atoms with E-state index >= 15 is 0 Å². The Morgan fingerprint density at radius 1 is 1.12 bits per heavy atom. The van der Waals surface area contributed by atoms with Crippen molar-refractivity contribution < 1.29 is 18.7 Å². The summed E-state index contributed by atoms with van der Waals surface area (Å²) in [5.41, 5.74) is 1.61. The lowest BCUT2D eigenvalue weighted by Crippen LogP contribution is -2.28. The molecule has 0 aliphatic heterocycles. The van der Waals surface area contributed by atoms with Gasteiger partial charge in [-0.05, 0) is 37.1 Å². The van der Waals surface area contributed by atoms with Gasteiger partial charge in [-0.1, -0.05) is 37.3 Å². The monoisotopic (exact) mass is 352 g/mol. The first-order valence-electron chi connectivity index (χ1n) is 8.48. The number of carbonyl (C=O) groups excluding carboxylic acids is 1. The first kappa shape index (κ1) is 17.7. The van der Waals surface area contributed by atoms with Crippen molar-refractivity contribution in [1.82, 2.24) is 0 Å². The third-order valence-electron chi connectivity index (χ3n) is 4.01. The number of benzene rings is 2. The molecule has 134 valence electrons. The number of ether oxygens (including phenoxy) is 2. The van der Waals surface area contributed by atoms with Gasteiger partial charge in [0.05, 0.1) is 0 Å². The molecule has 0 amide bonds. The van der Waals surface area contributed by atoms with Crippen LogP contribution >= 0.6 is 0 Å². The van der Waals surface area contributed by atoms with Gasteiger partial charge in [0.25, 0.3) is 0 Å². The van der Waals surface area contributed by atoms with Gasteiger partial charge in [-0.25, -0.2) is 9.59 Å². The van der Waals surface area contributed by atoms with Gasteiger partial charge in [0, 0.05) is 17.0 Å². The molecular weight excluding hydrogens is 332 g/mol. The van der Waals surface area contributed by atoms with E-state index in [0.717, 1.165) is 10.9 Å². The molecule has 0 spiro atoms. The van der Waals surface area contributed by atoms with Gasteiger partial charge in [0.15, 0.2) is 6.10 Å². The predicted molar refractivity (Wildman–Crippen MR) is 98.2 cm³/mol. The van der Waals surface area contributed by atoms with Crippen LogP contribution in [0.15, 0.2) is 63.8 Å². The molecule has 5 heteroatoms. The van der Waals surface area contributed by atoms with Gasteiger partial charge in [-0.2, -0.15) is 0 Å². The van der Waals surface area contributed by atoms with Crippen molar-refractivity contribution in [3.05, 3.63) is 76.1 Å². The Hall–Kier alpha value is -3.08. The fraction of sp³-hybridized carbons (Fsp3) is 0.238. The van der Waals surface area contributed by atoms with Crippen LogP contribution in [0.5, 0.6) is 5.75 Å². The Morgan fingerprint density at radius 3 is 2.62 bits per heavy atom. The first-order valence-corrected chi connectivity index (χ1v) is 8.48. The fourth-order valence-corrected chi connectivity index (χ4v) is 2.66. The van der Waals surface area contributed by atoms with E-state index < -0.39 is 17.7 Å². The molecule has 2 aromatic carbocycles. The summed E-state index contributed by atoms with van der Waals surface area (Å²) in [6.07, 6.45) is -0.226. The average Bonchev–Trinajstić information content (AvgIpc) is 2.64. The standard InChI is InChI=1S/C21H20O5/c1-3-18(25-16-7-5-4-6-8-16)21(23)24-13-15-12-20(22)26-19-11-14(2)9-10-17(15)19/h4-12,18H,3,13H2,1-2H3/t18-/m0/s1. The second-order valence-corrected chi connectivity index (χ2v) is 6.03. The number of hydrogen-bond donors (Lipinski definition) is 0. The Kier molecular flexibility index (Phi) is 5.37. The molecule has 0 unspecified atom stereocenters. The number of para-hydroxylation sites is 1. The second kappa shape index (κ2) is 7.87. The third-order valence-corrected chi connectivity index (χ3v) is 4.01. The Bertz CT molecular complexity index is 959. The number of rotatable bonds is 6. The first-order chi connectivity index (χ1) is 12.6. The largest absolute Gasteiger partial charge is 0.479 e. The molecule has 1 atom stereocenters. The molecule has 0 N–H and O–H groups in total. The number of fused-ring (bicyclic) bond motifs is 1. The SMILES string of the molecule is CC[C@H](Oc1ccccc1)C(=O)OCc1cc(=O)oc2cc(C)ccc12.